The van der Waals surface area contributed by atoms with Gasteiger partial charge in [0.15, 0.2) is 0 Å². The maximum Gasteiger partial charge on any atom is 0.256 e. The number of rotatable bonds is 7. The lowest BCUT2D eigenvalue weighted by Gasteiger charge is -2.32. The van der Waals surface area contributed by atoms with Gasteiger partial charge >= 0.3 is 0 Å². The van der Waals surface area contributed by atoms with Crippen molar-refractivity contribution in [1.29, 1.82) is 0 Å². The first-order chi connectivity index (χ1) is 20.5. The van der Waals surface area contributed by atoms with Gasteiger partial charge in [0.25, 0.3) is 5.91 Å². The van der Waals surface area contributed by atoms with Crippen LogP contribution >= 0.6 is 0 Å². The summed E-state index contributed by atoms with van der Waals surface area (Å²) in [5.74, 6) is -0.105. The number of hydrogen-bond donors (Lipinski definition) is 2. The molecule has 3 aliphatic rings. The summed E-state index contributed by atoms with van der Waals surface area (Å²) in [6.07, 6.45) is 12.9. The van der Waals surface area contributed by atoms with E-state index in [1.165, 1.54) is 31.2 Å². The van der Waals surface area contributed by atoms with Crippen LogP contribution in [-0.4, -0.2) is 82.9 Å². The van der Waals surface area contributed by atoms with Gasteiger partial charge in [-0.25, -0.2) is 0 Å². The van der Waals surface area contributed by atoms with E-state index in [4.69, 9.17) is 0 Å². The third-order valence-electron chi connectivity index (χ3n) is 8.64. The lowest BCUT2D eigenvalue weighted by Crippen LogP contribution is -2.44. The van der Waals surface area contributed by atoms with Crippen molar-refractivity contribution in [2.75, 3.05) is 56.9 Å². The molecule has 0 aliphatic carbocycles. The highest BCUT2D eigenvalue weighted by Gasteiger charge is 2.23. The van der Waals surface area contributed by atoms with Crippen molar-refractivity contribution in [3.8, 4) is 11.1 Å². The molecule has 0 saturated carbocycles. The molecule has 1 amide bonds. The summed E-state index contributed by atoms with van der Waals surface area (Å²) in [4.78, 5) is 30.2. The Morgan fingerprint density at radius 2 is 1.69 bits per heavy atom. The fourth-order valence-corrected chi connectivity index (χ4v) is 6.26. The third kappa shape index (κ3) is 7.06. The molecular formula is C34H43N7O. The minimum Gasteiger partial charge on any atom is -0.379 e. The molecule has 8 heteroatoms. The molecule has 2 N–H and O–H groups in total. The molecule has 220 valence electrons. The van der Waals surface area contributed by atoms with E-state index in [0.717, 1.165) is 86.1 Å². The Bertz CT molecular complexity index is 1420. The summed E-state index contributed by atoms with van der Waals surface area (Å²) in [7, 11) is 2.16. The van der Waals surface area contributed by atoms with Crippen LogP contribution in [0.4, 0.5) is 11.4 Å². The number of hydrogen-bond acceptors (Lipinski definition) is 7. The standard InChI is InChI=1S/C34H43N7O/c1-25-17-32(34(42)38-29-9-10-36-30(20-29)24-41-15-13-39(2)14-16-41)31-19-27(7-8-33(31)37-25)28-18-26(21-35-22-28)23-40-11-5-3-4-6-12-40/h7-10,17-22,25,37H,3-6,11-16,23-24H2,1-2H3,(H,36,38,42). The number of anilines is 2. The Morgan fingerprint density at radius 1 is 0.905 bits per heavy atom. The summed E-state index contributed by atoms with van der Waals surface area (Å²) in [6, 6.07) is 12.5. The summed E-state index contributed by atoms with van der Waals surface area (Å²) in [6.45, 7) is 10.3. The van der Waals surface area contributed by atoms with E-state index < -0.39 is 0 Å². The number of fused-ring (bicyclic) bond motifs is 1. The molecule has 6 rings (SSSR count). The largest absolute Gasteiger partial charge is 0.379 e. The van der Waals surface area contributed by atoms with Gasteiger partial charge in [0.1, 0.15) is 0 Å². The Hall–Kier alpha value is -3.59. The minimum atomic E-state index is -0.105. The van der Waals surface area contributed by atoms with E-state index in [9.17, 15) is 4.79 Å². The van der Waals surface area contributed by atoms with E-state index in [1.807, 2.05) is 30.6 Å². The quantitative estimate of drug-likeness (QED) is 0.413. The number of benzene rings is 1. The van der Waals surface area contributed by atoms with Gasteiger partial charge in [0.2, 0.25) is 0 Å². The van der Waals surface area contributed by atoms with Crippen molar-refractivity contribution < 1.29 is 4.79 Å². The highest BCUT2D eigenvalue weighted by Crippen LogP contribution is 2.34. The first-order valence-corrected chi connectivity index (χ1v) is 15.5. The normalized spacial score (nSPS) is 20.2. The van der Waals surface area contributed by atoms with Gasteiger partial charge in [-0.1, -0.05) is 18.9 Å². The van der Waals surface area contributed by atoms with E-state index in [1.54, 1.807) is 6.20 Å². The molecule has 3 aromatic rings. The van der Waals surface area contributed by atoms with Crippen LogP contribution in [0.15, 0.2) is 61.1 Å². The molecule has 0 bridgehead atoms. The smallest absolute Gasteiger partial charge is 0.256 e. The van der Waals surface area contributed by atoms with E-state index in [0.29, 0.717) is 5.57 Å². The molecule has 42 heavy (non-hydrogen) atoms. The Balaban J connectivity index is 1.18. The fraction of sp³-hybridized carbons (Fsp3) is 0.441. The van der Waals surface area contributed by atoms with Crippen LogP contribution in [0.5, 0.6) is 0 Å². The topological polar surface area (TPSA) is 76.6 Å². The molecule has 1 aromatic carbocycles. The van der Waals surface area contributed by atoms with E-state index >= 15 is 0 Å². The summed E-state index contributed by atoms with van der Waals surface area (Å²) >= 11 is 0. The molecular weight excluding hydrogens is 522 g/mol. The zero-order chi connectivity index (χ0) is 28.9. The Kier molecular flexibility index (Phi) is 8.93. The van der Waals surface area contributed by atoms with Crippen LogP contribution in [-0.2, 0) is 17.9 Å². The predicted octanol–water partition coefficient (Wildman–Crippen LogP) is 5.10. The van der Waals surface area contributed by atoms with Gasteiger partial charge in [-0.3, -0.25) is 24.6 Å². The van der Waals surface area contributed by atoms with Gasteiger partial charge in [0, 0.05) is 92.0 Å². The molecule has 3 aliphatic heterocycles. The number of pyridine rings is 2. The van der Waals surface area contributed by atoms with Crippen LogP contribution in [0.2, 0.25) is 0 Å². The first-order valence-electron chi connectivity index (χ1n) is 15.5. The molecule has 1 atom stereocenters. The number of aromatic nitrogens is 2. The first kappa shape index (κ1) is 28.5. The highest BCUT2D eigenvalue weighted by molar-refractivity contribution is 6.27. The second-order valence-corrected chi connectivity index (χ2v) is 12.1. The molecule has 2 aromatic heterocycles. The maximum atomic E-state index is 13.7. The lowest BCUT2D eigenvalue weighted by molar-refractivity contribution is -0.111. The SMILES string of the molecule is CC1C=C(C(=O)Nc2ccnc(CN3CCN(C)CC3)c2)c2cc(-c3cncc(CN4CCCCCC4)c3)ccc2N1. The van der Waals surface area contributed by atoms with Crippen molar-refractivity contribution >= 4 is 22.9 Å². The number of carbonyl (C=O) groups excluding carboxylic acids is 1. The molecule has 5 heterocycles. The average molecular weight is 566 g/mol. The van der Waals surface area contributed by atoms with Crippen LogP contribution in [0.3, 0.4) is 0 Å². The summed E-state index contributed by atoms with van der Waals surface area (Å²) in [5.41, 5.74) is 7.68. The summed E-state index contributed by atoms with van der Waals surface area (Å²) in [5, 5.41) is 6.68. The van der Waals surface area contributed by atoms with Crippen LogP contribution in [0.1, 0.15) is 49.4 Å². The fourth-order valence-electron chi connectivity index (χ4n) is 6.26. The zero-order valence-corrected chi connectivity index (χ0v) is 25.0. The zero-order valence-electron chi connectivity index (χ0n) is 25.0. The average Bonchev–Trinajstić information content (AvgIpc) is 3.26. The Morgan fingerprint density at radius 3 is 2.50 bits per heavy atom. The number of piperazine rings is 1. The van der Waals surface area contributed by atoms with Crippen LogP contribution in [0, 0.1) is 0 Å². The molecule has 2 saturated heterocycles. The predicted molar refractivity (Wildman–Crippen MR) is 170 cm³/mol. The summed E-state index contributed by atoms with van der Waals surface area (Å²) < 4.78 is 0. The van der Waals surface area contributed by atoms with Gasteiger partial charge in [-0.15, -0.1) is 0 Å². The minimum absolute atomic E-state index is 0.0490. The molecule has 8 nitrogen and oxygen atoms in total. The van der Waals surface area contributed by atoms with Crippen LogP contribution in [0.25, 0.3) is 16.7 Å². The number of nitrogens with one attached hydrogen (secondary N) is 2. The van der Waals surface area contributed by atoms with Crippen LogP contribution < -0.4 is 10.6 Å². The van der Waals surface area contributed by atoms with Crippen molar-refractivity contribution in [2.45, 2.75) is 51.7 Å². The monoisotopic (exact) mass is 565 g/mol. The van der Waals surface area contributed by atoms with Crippen molar-refractivity contribution in [3.63, 3.8) is 0 Å². The van der Waals surface area contributed by atoms with Crippen molar-refractivity contribution in [2.24, 2.45) is 0 Å². The number of likely N-dealkylation sites (N-methyl/N-ethyl adjacent to an activating group) is 1. The second kappa shape index (κ2) is 13.2. The number of amides is 1. The number of carbonyl (C=O) groups is 1. The molecule has 0 spiro atoms. The number of likely N-dealkylation sites (tertiary alicyclic amines) is 1. The molecule has 1 unspecified atom stereocenters. The van der Waals surface area contributed by atoms with E-state index in [-0.39, 0.29) is 11.9 Å². The van der Waals surface area contributed by atoms with Gasteiger partial charge in [-0.05, 0) is 87.4 Å². The van der Waals surface area contributed by atoms with Crippen molar-refractivity contribution in [1.82, 2.24) is 24.7 Å². The van der Waals surface area contributed by atoms with Gasteiger partial charge < -0.3 is 15.5 Å². The molecule has 0 radical (unpaired) electrons. The Labute approximate surface area is 249 Å². The maximum absolute atomic E-state index is 13.7. The second-order valence-electron chi connectivity index (χ2n) is 12.1. The highest BCUT2D eigenvalue weighted by atomic mass is 16.1. The van der Waals surface area contributed by atoms with Crippen molar-refractivity contribution in [3.05, 3.63) is 77.9 Å². The molecule has 2 fully saturated rings. The van der Waals surface area contributed by atoms with Gasteiger partial charge in [0.05, 0.1) is 5.69 Å². The van der Waals surface area contributed by atoms with Gasteiger partial charge in [-0.2, -0.15) is 0 Å². The third-order valence-corrected chi connectivity index (χ3v) is 8.64. The number of nitrogens with zero attached hydrogens (tertiary/aromatic N) is 5. The van der Waals surface area contributed by atoms with E-state index in [2.05, 4.69) is 73.5 Å². The lowest BCUT2D eigenvalue weighted by atomic mass is 9.93.